The van der Waals surface area contributed by atoms with Gasteiger partial charge in [-0.1, -0.05) is 90.6 Å². The van der Waals surface area contributed by atoms with Crippen molar-refractivity contribution in [1.82, 2.24) is 0 Å². The predicted molar refractivity (Wildman–Crippen MR) is 96.3 cm³/mol. The van der Waals surface area contributed by atoms with Crippen molar-refractivity contribution in [1.29, 1.82) is 0 Å². The van der Waals surface area contributed by atoms with Gasteiger partial charge in [-0.05, 0) is 36.0 Å². The average Bonchev–Trinajstić information content (AvgIpc) is 3.16. The van der Waals surface area contributed by atoms with Crippen LogP contribution >= 0.6 is 23.2 Å². The number of rotatable bonds is 1. The summed E-state index contributed by atoms with van der Waals surface area (Å²) in [4.78, 5) is 0. The highest BCUT2D eigenvalue weighted by molar-refractivity contribution is 6.42. The SMILES string of the molecule is CC.CC1(c2ccc(Cl)c(Cl)c2)CC1.CCC.CCC. The summed E-state index contributed by atoms with van der Waals surface area (Å²) in [5, 5.41) is 1.31. The van der Waals surface area contributed by atoms with Gasteiger partial charge >= 0.3 is 0 Å². The maximum Gasteiger partial charge on any atom is 0.0595 e. The van der Waals surface area contributed by atoms with E-state index in [2.05, 4.69) is 40.7 Å². The summed E-state index contributed by atoms with van der Waals surface area (Å²) in [6.07, 6.45) is 5.04. The molecule has 0 amide bonds. The van der Waals surface area contributed by atoms with E-state index in [4.69, 9.17) is 23.2 Å². The Bertz CT molecular complexity index is 339. The summed E-state index contributed by atoms with van der Waals surface area (Å²) in [7, 11) is 0. The quantitative estimate of drug-likeness (QED) is 0.493. The van der Waals surface area contributed by atoms with Crippen molar-refractivity contribution in [2.24, 2.45) is 0 Å². The van der Waals surface area contributed by atoms with Crippen molar-refractivity contribution in [2.45, 2.75) is 79.6 Å². The van der Waals surface area contributed by atoms with Crippen LogP contribution < -0.4 is 0 Å². The van der Waals surface area contributed by atoms with Gasteiger partial charge in [-0.15, -0.1) is 0 Å². The monoisotopic (exact) mass is 318 g/mol. The fourth-order valence-electron chi connectivity index (χ4n) is 1.35. The first-order valence-electron chi connectivity index (χ1n) is 7.90. The van der Waals surface area contributed by atoms with Gasteiger partial charge in [-0.3, -0.25) is 0 Å². The molecular formula is C18H32Cl2. The Morgan fingerprint density at radius 1 is 0.900 bits per heavy atom. The first-order valence-corrected chi connectivity index (χ1v) is 8.66. The van der Waals surface area contributed by atoms with Crippen LogP contribution in [0.2, 0.25) is 10.0 Å². The summed E-state index contributed by atoms with van der Waals surface area (Å²) >= 11 is 11.7. The Hall–Kier alpha value is -0.200. The van der Waals surface area contributed by atoms with Crippen LogP contribution in [-0.4, -0.2) is 0 Å². The lowest BCUT2D eigenvalue weighted by Crippen LogP contribution is -1.98. The topological polar surface area (TPSA) is 0 Å². The average molecular weight is 319 g/mol. The molecule has 0 heterocycles. The zero-order valence-electron chi connectivity index (χ0n) is 14.3. The van der Waals surface area contributed by atoms with E-state index < -0.39 is 0 Å². The Morgan fingerprint density at radius 2 is 1.30 bits per heavy atom. The third-order valence-electron chi connectivity index (χ3n) is 2.62. The summed E-state index contributed by atoms with van der Waals surface area (Å²) in [6, 6.07) is 5.93. The molecule has 0 N–H and O–H groups in total. The maximum absolute atomic E-state index is 5.92. The van der Waals surface area contributed by atoms with Gasteiger partial charge in [0.2, 0.25) is 0 Å². The van der Waals surface area contributed by atoms with Crippen molar-refractivity contribution in [3.05, 3.63) is 33.8 Å². The van der Waals surface area contributed by atoms with Crippen molar-refractivity contribution >= 4 is 23.2 Å². The van der Waals surface area contributed by atoms with E-state index in [9.17, 15) is 0 Å². The molecule has 2 heteroatoms. The molecular weight excluding hydrogens is 287 g/mol. The van der Waals surface area contributed by atoms with Gasteiger partial charge in [0.1, 0.15) is 0 Å². The largest absolute Gasteiger partial charge is 0.0827 e. The van der Waals surface area contributed by atoms with Crippen molar-refractivity contribution in [2.75, 3.05) is 0 Å². The first-order chi connectivity index (χ1) is 9.45. The van der Waals surface area contributed by atoms with Gasteiger partial charge in [-0.25, -0.2) is 0 Å². The zero-order valence-corrected chi connectivity index (χ0v) is 15.8. The van der Waals surface area contributed by atoms with Crippen LogP contribution in [0, 0.1) is 0 Å². The van der Waals surface area contributed by atoms with Crippen LogP contribution in [0.15, 0.2) is 18.2 Å². The molecule has 0 nitrogen and oxygen atoms in total. The van der Waals surface area contributed by atoms with E-state index in [1.807, 2.05) is 26.0 Å². The first kappa shape index (κ1) is 22.1. The molecule has 1 aliphatic rings. The van der Waals surface area contributed by atoms with Gasteiger partial charge in [0.15, 0.2) is 0 Å². The molecule has 2 rings (SSSR count). The molecule has 1 aromatic carbocycles. The molecule has 1 fully saturated rings. The van der Waals surface area contributed by atoms with E-state index in [1.54, 1.807) is 0 Å². The lowest BCUT2D eigenvalue weighted by atomic mass is 9.99. The second-order valence-electron chi connectivity index (χ2n) is 5.10. The number of benzene rings is 1. The molecule has 1 aliphatic carbocycles. The minimum atomic E-state index is 0.383. The van der Waals surface area contributed by atoms with Crippen LogP contribution in [0.1, 0.15) is 79.7 Å². The molecule has 0 unspecified atom stereocenters. The van der Waals surface area contributed by atoms with Gasteiger partial charge in [0, 0.05) is 0 Å². The summed E-state index contributed by atoms with van der Waals surface area (Å²) in [5.41, 5.74) is 1.70. The molecule has 0 radical (unpaired) electrons. The van der Waals surface area contributed by atoms with E-state index in [1.165, 1.54) is 31.2 Å². The van der Waals surface area contributed by atoms with Crippen molar-refractivity contribution < 1.29 is 0 Å². The molecule has 0 spiro atoms. The van der Waals surface area contributed by atoms with E-state index >= 15 is 0 Å². The highest BCUT2D eigenvalue weighted by Crippen LogP contribution is 2.48. The molecule has 0 bridgehead atoms. The molecule has 0 aliphatic heterocycles. The number of hydrogen-bond acceptors (Lipinski definition) is 0. The molecule has 20 heavy (non-hydrogen) atoms. The Morgan fingerprint density at radius 3 is 1.60 bits per heavy atom. The second kappa shape index (κ2) is 12.5. The summed E-state index contributed by atoms with van der Waals surface area (Å²) in [5.74, 6) is 0. The summed E-state index contributed by atoms with van der Waals surface area (Å²) in [6.45, 7) is 14.8. The van der Waals surface area contributed by atoms with E-state index in [-0.39, 0.29) is 0 Å². The lowest BCUT2D eigenvalue weighted by molar-refractivity contribution is 0.788. The van der Waals surface area contributed by atoms with Gasteiger partial charge in [-0.2, -0.15) is 0 Å². The number of hydrogen-bond donors (Lipinski definition) is 0. The standard InChI is InChI=1S/C10H10Cl2.2C3H8.C2H6/c1-10(4-5-10)7-2-3-8(11)9(12)6-7;2*1-3-2;1-2/h2-3,6H,4-5H2,1H3;2*3H2,1-2H3;1-2H3. The molecule has 118 valence electrons. The Kier molecular flexibility index (Phi) is 13.8. The predicted octanol–water partition coefficient (Wildman–Crippen LogP) is 7.90. The summed E-state index contributed by atoms with van der Waals surface area (Å²) < 4.78 is 0. The maximum atomic E-state index is 5.92. The van der Waals surface area contributed by atoms with Crippen LogP contribution in [0.4, 0.5) is 0 Å². The fourth-order valence-corrected chi connectivity index (χ4v) is 1.65. The minimum absolute atomic E-state index is 0.383. The number of halogens is 2. The van der Waals surface area contributed by atoms with Crippen LogP contribution in [-0.2, 0) is 5.41 Å². The van der Waals surface area contributed by atoms with Crippen molar-refractivity contribution in [3.8, 4) is 0 Å². The molecule has 1 aromatic rings. The minimum Gasteiger partial charge on any atom is -0.0827 e. The van der Waals surface area contributed by atoms with Gasteiger partial charge in [0.05, 0.1) is 10.0 Å². The molecule has 1 saturated carbocycles. The van der Waals surface area contributed by atoms with Crippen LogP contribution in [0.25, 0.3) is 0 Å². The van der Waals surface area contributed by atoms with Gasteiger partial charge in [0.25, 0.3) is 0 Å². The van der Waals surface area contributed by atoms with Gasteiger partial charge < -0.3 is 0 Å². The van der Waals surface area contributed by atoms with E-state index in [0.717, 1.165) is 0 Å². The smallest absolute Gasteiger partial charge is 0.0595 e. The zero-order chi connectivity index (χ0) is 16.2. The van der Waals surface area contributed by atoms with Crippen molar-refractivity contribution in [3.63, 3.8) is 0 Å². The molecule has 0 saturated heterocycles. The fraction of sp³-hybridized carbons (Fsp3) is 0.667. The van der Waals surface area contributed by atoms with Crippen LogP contribution in [0.3, 0.4) is 0 Å². The van der Waals surface area contributed by atoms with Crippen LogP contribution in [0.5, 0.6) is 0 Å². The normalized spacial score (nSPS) is 13.7. The lowest BCUT2D eigenvalue weighted by Gasteiger charge is -2.08. The Balaban J connectivity index is 0. The third kappa shape index (κ3) is 8.87. The molecule has 0 aromatic heterocycles. The Labute approximate surface area is 136 Å². The highest BCUT2D eigenvalue weighted by Gasteiger charge is 2.38. The highest BCUT2D eigenvalue weighted by atomic mass is 35.5. The third-order valence-corrected chi connectivity index (χ3v) is 3.36. The molecule has 0 atom stereocenters. The van der Waals surface area contributed by atoms with E-state index in [0.29, 0.717) is 15.5 Å². The second-order valence-corrected chi connectivity index (χ2v) is 5.92.